The van der Waals surface area contributed by atoms with Crippen molar-refractivity contribution in [3.05, 3.63) is 69.7 Å². The largest absolute Gasteiger partial charge is 0.477 e. The van der Waals surface area contributed by atoms with Crippen molar-refractivity contribution >= 4 is 41.1 Å². The lowest BCUT2D eigenvalue weighted by Gasteiger charge is -2.49. The van der Waals surface area contributed by atoms with Crippen molar-refractivity contribution in [2.75, 3.05) is 5.75 Å². The van der Waals surface area contributed by atoms with Crippen molar-refractivity contribution in [2.45, 2.75) is 24.4 Å². The van der Waals surface area contributed by atoms with Crippen LogP contribution in [0.15, 0.2) is 52.7 Å². The molecule has 37 heavy (non-hydrogen) atoms. The van der Waals surface area contributed by atoms with Crippen molar-refractivity contribution < 1.29 is 24.3 Å². The number of fused-ring (bicyclic) bond motifs is 2. The molecule has 0 spiro atoms. The zero-order valence-corrected chi connectivity index (χ0v) is 20.3. The Balaban J connectivity index is 1.40. The SMILES string of the molecule is CC1=C(C(=O)O)N2C(=O)[C@H](NC(=O)[C@H](NC(=O)c3ncn4c(=O)n(C)nnc34)c3ccccc3)[C@@H]2SC1. The van der Waals surface area contributed by atoms with E-state index in [4.69, 9.17) is 0 Å². The number of carboxylic acids is 1. The molecule has 2 aliphatic heterocycles. The van der Waals surface area contributed by atoms with E-state index in [1.165, 1.54) is 23.7 Å². The summed E-state index contributed by atoms with van der Waals surface area (Å²) in [5.74, 6) is -2.82. The van der Waals surface area contributed by atoms with Gasteiger partial charge < -0.3 is 15.7 Å². The average molecular weight is 525 g/mol. The molecular formula is C22H20N8O6S. The maximum absolute atomic E-state index is 13.4. The molecule has 0 saturated carbocycles. The topological polar surface area (TPSA) is 181 Å². The number of amides is 3. The monoisotopic (exact) mass is 524 g/mol. The lowest BCUT2D eigenvalue weighted by molar-refractivity contribution is -0.151. The minimum absolute atomic E-state index is 0.0777. The first kappa shape index (κ1) is 24.2. The third-order valence-corrected chi connectivity index (χ3v) is 7.47. The fraction of sp³-hybridized carbons (Fsp3) is 0.273. The van der Waals surface area contributed by atoms with E-state index in [9.17, 15) is 29.1 Å². The summed E-state index contributed by atoms with van der Waals surface area (Å²) in [4.78, 5) is 68.3. The highest BCUT2D eigenvalue weighted by molar-refractivity contribution is 8.00. The molecule has 1 saturated heterocycles. The van der Waals surface area contributed by atoms with Gasteiger partial charge in [0.25, 0.3) is 11.8 Å². The first-order valence-corrected chi connectivity index (χ1v) is 12.0. The Bertz CT molecular complexity index is 1550. The van der Waals surface area contributed by atoms with Crippen LogP contribution in [0.5, 0.6) is 0 Å². The van der Waals surface area contributed by atoms with Gasteiger partial charge in [-0.3, -0.25) is 19.3 Å². The van der Waals surface area contributed by atoms with Crippen LogP contribution < -0.4 is 16.3 Å². The molecular weight excluding hydrogens is 504 g/mol. The van der Waals surface area contributed by atoms with Crippen LogP contribution in [0.4, 0.5) is 0 Å². The summed E-state index contributed by atoms with van der Waals surface area (Å²) in [6.07, 6.45) is 1.14. The summed E-state index contributed by atoms with van der Waals surface area (Å²) in [6.45, 7) is 1.65. The molecule has 3 atom stereocenters. The Hall–Kier alpha value is -4.53. The molecule has 5 rings (SSSR count). The van der Waals surface area contributed by atoms with Crippen LogP contribution in [0.25, 0.3) is 5.65 Å². The summed E-state index contributed by atoms with van der Waals surface area (Å²) < 4.78 is 2.03. The maximum atomic E-state index is 13.4. The second-order valence-corrected chi connectivity index (χ2v) is 9.53. The van der Waals surface area contributed by atoms with Gasteiger partial charge in [-0.2, -0.15) is 4.68 Å². The van der Waals surface area contributed by atoms with Crippen molar-refractivity contribution in [1.29, 1.82) is 0 Å². The quantitative estimate of drug-likeness (QED) is 0.340. The standard InChI is InChI=1S/C22H20N8O6S/c1-10-8-37-20-14(19(33)30(20)15(10)21(34)35)25-17(31)12(11-6-4-3-5-7-11)24-18(32)13-16-26-27-28(2)22(36)29(16)9-23-13/h3-7,9,12,14,20H,8H2,1-2H3,(H,24,32)(H,25,31)(H,34,35)/t12-,14+,20+/m1/s1. The first-order valence-electron chi connectivity index (χ1n) is 11.0. The third kappa shape index (κ3) is 4.02. The van der Waals surface area contributed by atoms with E-state index in [1.807, 2.05) is 0 Å². The fourth-order valence-electron chi connectivity index (χ4n) is 4.20. The number of rotatable bonds is 6. The molecule has 1 aromatic carbocycles. The lowest BCUT2D eigenvalue weighted by Crippen LogP contribution is -2.71. The number of benzene rings is 1. The Morgan fingerprint density at radius 1 is 1.19 bits per heavy atom. The van der Waals surface area contributed by atoms with Gasteiger partial charge in [-0.05, 0) is 18.1 Å². The third-order valence-electron chi connectivity index (χ3n) is 6.04. The highest BCUT2D eigenvalue weighted by atomic mass is 32.2. The summed E-state index contributed by atoms with van der Waals surface area (Å²) in [5.41, 5.74) is 0.0641. The van der Waals surface area contributed by atoms with Gasteiger partial charge in [0.05, 0.1) is 0 Å². The number of nitrogens with zero attached hydrogens (tertiary/aromatic N) is 6. The van der Waals surface area contributed by atoms with Crippen LogP contribution in [0.1, 0.15) is 29.0 Å². The number of aromatic nitrogens is 5. The van der Waals surface area contributed by atoms with Gasteiger partial charge in [0, 0.05) is 12.8 Å². The normalized spacial score (nSPS) is 19.7. The number of hydrogen-bond acceptors (Lipinski definition) is 9. The average Bonchev–Trinajstić information content (AvgIpc) is 3.33. The van der Waals surface area contributed by atoms with Gasteiger partial charge in [-0.1, -0.05) is 35.5 Å². The van der Waals surface area contributed by atoms with Crippen molar-refractivity contribution in [3.63, 3.8) is 0 Å². The fourth-order valence-corrected chi connectivity index (χ4v) is 5.49. The zero-order valence-electron chi connectivity index (χ0n) is 19.5. The summed E-state index contributed by atoms with van der Waals surface area (Å²) in [6, 6.07) is 6.17. The van der Waals surface area contributed by atoms with Crippen molar-refractivity contribution in [2.24, 2.45) is 7.05 Å². The number of aliphatic carboxylic acids is 1. The molecule has 3 N–H and O–H groups in total. The van der Waals surface area contributed by atoms with Crippen LogP contribution in [-0.4, -0.2) is 75.2 Å². The highest BCUT2D eigenvalue weighted by Gasteiger charge is 2.54. The number of β-lactam (4-membered cyclic amide) rings is 1. The molecule has 15 heteroatoms. The highest BCUT2D eigenvalue weighted by Crippen LogP contribution is 2.40. The van der Waals surface area contributed by atoms with E-state index < -0.39 is 46.8 Å². The molecule has 3 aromatic rings. The van der Waals surface area contributed by atoms with Crippen LogP contribution in [-0.2, 0) is 21.4 Å². The molecule has 0 aliphatic carbocycles. The van der Waals surface area contributed by atoms with Crippen LogP contribution in [0.2, 0.25) is 0 Å². The van der Waals surface area contributed by atoms with Gasteiger partial charge >= 0.3 is 11.7 Å². The number of carbonyl (C=O) groups is 4. The molecule has 2 aliphatic rings. The molecule has 2 aromatic heterocycles. The molecule has 3 amide bonds. The predicted octanol–water partition coefficient (Wildman–Crippen LogP) is -0.947. The second-order valence-electron chi connectivity index (χ2n) is 8.43. The van der Waals surface area contributed by atoms with Crippen LogP contribution in [0.3, 0.4) is 0 Å². The first-order chi connectivity index (χ1) is 17.7. The Morgan fingerprint density at radius 3 is 2.62 bits per heavy atom. The molecule has 0 radical (unpaired) electrons. The summed E-state index contributed by atoms with van der Waals surface area (Å²) in [7, 11) is 1.40. The number of hydrogen-bond donors (Lipinski definition) is 3. The predicted molar refractivity (Wildman–Crippen MR) is 128 cm³/mol. The van der Waals surface area contributed by atoms with Crippen LogP contribution in [0, 0.1) is 0 Å². The molecule has 0 unspecified atom stereocenters. The van der Waals surface area contributed by atoms with Gasteiger partial charge in [-0.15, -0.1) is 16.9 Å². The lowest BCUT2D eigenvalue weighted by atomic mass is 10.0. The van der Waals surface area contributed by atoms with Crippen molar-refractivity contribution in [3.8, 4) is 0 Å². The summed E-state index contributed by atoms with van der Waals surface area (Å²) >= 11 is 1.34. The van der Waals surface area contributed by atoms with E-state index in [2.05, 4.69) is 25.9 Å². The van der Waals surface area contributed by atoms with E-state index in [0.29, 0.717) is 16.9 Å². The number of imidazole rings is 1. The van der Waals surface area contributed by atoms with Gasteiger partial charge in [0.1, 0.15) is 29.5 Å². The number of thioether (sulfide) groups is 1. The van der Waals surface area contributed by atoms with Gasteiger partial charge in [0.15, 0.2) is 11.3 Å². The minimum Gasteiger partial charge on any atom is -0.477 e. The molecule has 4 heterocycles. The number of carboxylic acid groups (broad SMARTS) is 1. The zero-order chi connectivity index (χ0) is 26.4. The van der Waals surface area contributed by atoms with Gasteiger partial charge in [0.2, 0.25) is 5.91 Å². The Labute approximate surface area is 212 Å². The van der Waals surface area contributed by atoms with Gasteiger partial charge in [-0.25, -0.2) is 19.0 Å². The van der Waals surface area contributed by atoms with E-state index in [1.54, 1.807) is 37.3 Å². The van der Waals surface area contributed by atoms with E-state index >= 15 is 0 Å². The molecule has 0 bridgehead atoms. The van der Waals surface area contributed by atoms with Crippen molar-refractivity contribution in [1.82, 2.24) is 39.9 Å². The second kappa shape index (κ2) is 9.16. The summed E-state index contributed by atoms with van der Waals surface area (Å²) in [5, 5.41) is 21.7. The number of carbonyl (C=O) groups excluding carboxylic acids is 3. The maximum Gasteiger partial charge on any atom is 0.352 e. The molecule has 1 fully saturated rings. The number of aryl methyl sites for hydroxylation is 1. The Morgan fingerprint density at radius 2 is 1.92 bits per heavy atom. The minimum atomic E-state index is -1.23. The smallest absolute Gasteiger partial charge is 0.352 e. The molecule has 190 valence electrons. The van der Waals surface area contributed by atoms with Crippen LogP contribution >= 0.6 is 11.8 Å². The molecule has 14 nitrogen and oxygen atoms in total. The van der Waals surface area contributed by atoms with E-state index in [-0.39, 0.29) is 17.0 Å². The van der Waals surface area contributed by atoms with E-state index in [0.717, 1.165) is 15.4 Å². The number of nitrogens with one attached hydrogen (secondary N) is 2. The Kier molecular flexibility index (Phi) is 5.99.